The van der Waals surface area contributed by atoms with E-state index in [1.165, 1.54) is 13.2 Å². The first-order valence-corrected chi connectivity index (χ1v) is 10.3. The standard InChI is InChI=1S/C20H25N3O3S/c1-4-23(5-2)19-9-8-17-12-16(6-7-18(17)14-19)13-20(15-21)27(24,25)22-10-11-26-3/h6-9,12-14,22H,4-5,10-11H2,1-3H3/b20-13+. The number of nitrogens with one attached hydrogen (secondary N) is 1. The van der Waals surface area contributed by atoms with Gasteiger partial charge in [-0.05, 0) is 54.5 Å². The molecule has 0 spiro atoms. The predicted molar refractivity (Wildman–Crippen MR) is 110 cm³/mol. The highest BCUT2D eigenvalue weighted by Gasteiger charge is 2.16. The molecule has 6 nitrogen and oxygen atoms in total. The molecule has 0 saturated carbocycles. The van der Waals surface area contributed by atoms with Crippen molar-refractivity contribution in [3.63, 3.8) is 0 Å². The number of fused-ring (bicyclic) bond motifs is 1. The molecule has 2 aromatic rings. The maximum atomic E-state index is 12.2. The molecule has 0 amide bonds. The average Bonchev–Trinajstić information content (AvgIpc) is 2.67. The van der Waals surface area contributed by atoms with E-state index in [0.717, 1.165) is 29.5 Å². The zero-order chi connectivity index (χ0) is 19.9. The Bertz CT molecular complexity index is 958. The van der Waals surface area contributed by atoms with Crippen molar-refractivity contribution < 1.29 is 13.2 Å². The van der Waals surface area contributed by atoms with Gasteiger partial charge in [-0.3, -0.25) is 0 Å². The Morgan fingerprint density at radius 1 is 1.19 bits per heavy atom. The third-order valence-electron chi connectivity index (χ3n) is 4.27. The number of hydrogen-bond acceptors (Lipinski definition) is 5. The summed E-state index contributed by atoms with van der Waals surface area (Å²) in [4.78, 5) is 1.94. The first-order chi connectivity index (χ1) is 12.9. The van der Waals surface area contributed by atoms with Crippen molar-refractivity contribution in [2.75, 3.05) is 38.3 Å². The lowest BCUT2D eigenvalue weighted by molar-refractivity contribution is 0.204. The molecule has 0 aromatic heterocycles. The third-order valence-corrected chi connectivity index (χ3v) is 5.64. The van der Waals surface area contributed by atoms with Crippen LogP contribution in [0.4, 0.5) is 5.69 Å². The largest absolute Gasteiger partial charge is 0.383 e. The van der Waals surface area contributed by atoms with Crippen LogP contribution in [0, 0.1) is 11.3 Å². The molecule has 0 atom stereocenters. The first kappa shape index (κ1) is 20.9. The van der Waals surface area contributed by atoms with Gasteiger partial charge in [0, 0.05) is 32.4 Å². The maximum Gasteiger partial charge on any atom is 0.250 e. The highest BCUT2D eigenvalue weighted by molar-refractivity contribution is 7.93. The van der Waals surface area contributed by atoms with Gasteiger partial charge in [0.25, 0.3) is 10.0 Å². The van der Waals surface area contributed by atoms with Gasteiger partial charge in [-0.2, -0.15) is 5.26 Å². The molecule has 1 N–H and O–H groups in total. The van der Waals surface area contributed by atoms with Crippen LogP contribution in [-0.4, -0.2) is 41.8 Å². The van der Waals surface area contributed by atoms with Crippen LogP contribution in [0.1, 0.15) is 19.4 Å². The van der Waals surface area contributed by atoms with E-state index < -0.39 is 10.0 Å². The Balaban J connectivity index is 2.34. The van der Waals surface area contributed by atoms with Crippen molar-refractivity contribution in [3.05, 3.63) is 46.9 Å². The van der Waals surface area contributed by atoms with Gasteiger partial charge in [-0.1, -0.05) is 18.2 Å². The lowest BCUT2D eigenvalue weighted by Gasteiger charge is -2.21. The van der Waals surface area contributed by atoms with Crippen LogP contribution in [0.3, 0.4) is 0 Å². The molecule has 0 unspecified atom stereocenters. The summed E-state index contributed by atoms with van der Waals surface area (Å²) in [5.41, 5.74) is 1.81. The molecule has 0 radical (unpaired) electrons. The summed E-state index contributed by atoms with van der Waals surface area (Å²) in [5.74, 6) is 0. The van der Waals surface area contributed by atoms with Gasteiger partial charge in [0.2, 0.25) is 0 Å². The van der Waals surface area contributed by atoms with E-state index >= 15 is 0 Å². The van der Waals surface area contributed by atoms with Crippen LogP contribution >= 0.6 is 0 Å². The van der Waals surface area contributed by atoms with E-state index in [4.69, 9.17) is 4.74 Å². The van der Waals surface area contributed by atoms with Crippen molar-refractivity contribution in [1.29, 1.82) is 5.26 Å². The number of nitrogens with zero attached hydrogens (tertiary/aromatic N) is 2. The molecule has 0 aliphatic rings. The van der Waals surface area contributed by atoms with E-state index in [2.05, 4.69) is 35.6 Å². The Morgan fingerprint density at radius 2 is 1.85 bits per heavy atom. The van der Waals surface area contributed by atoms with Gasteiger partial charge < -0.3 is 9.64 Å². The summed E-state index contributed by atoms with van der Waals surface area (Å²) < 4.78 is 31.6. The molecule has 0 saturated heterocycles. The van der Waals surface area contributed by atoms with Gasteiger partial charge >= 0.3 is 0 Å². The van der Waals surface area contributed by atoms with E-state index in [1.54, 1.807) is 6.07 Å². The third kappa shape index (κ3) is 5.30. The number of sulfonamides is 1. The minimum absolute atomic E-state index is 0.115. The highest BCUT2D eigenvalue weighted by Crippen LogP contribution is 2.24. The smallest absolute Gasteiger partial charge is 0.250 e. The fraction of sp³-hybridized carbons (Fsp3) is 0.350. The van der Waals surface area contributed by atoms with Crippen LogP contribution in [0.2, 0.25) is 0 Å². The molecule has 144 valence electrons. The quantitative estimate of drug-likeness (QED) is 0.528. The molecule has 0 fully saturated rings. The SMILES string of the molecule is CCN(CC)c1ccc2cc(/C=C(\C#N)S(=O)(=O)NCCOC)ccc2c1. The van der Waals surface area contributed by atoms with Crippen LogP contribution in [-0.2, 0) is 14.8 Å². The van der Waals surface area contributed by atoms with E-state index in [1.807, 2.05) is 24.3 Å². The van der Waals surface area contributed by atoms with Gasteiger partial charge in [-0.25, -0.2) is 13.1 Å². The number of methoxy groups -OCH3 is 1. The van der Waals surface area contributed by atoms with E-state index in [0.29, 0.717) is 5.56 Å². The normalized spacial score (nSPS) is 12.1. The summed E-state index contributed by atoms with van der Waals surface area (Å²) >= 11 is 0. The van der Waals surface area contributed by atoms with Crippen molar-refractivity contribution >= 4 is 32.6 Å². The van der Waals surface area contributed by atoms with Crippen LogP contribution in [0.25, 0.3) is 16.8 Å². The molecule has 2 rings (SSSR count). The molecular formula is C20H25N3O3S. The number of ether oxygens (including phenoxy) is 1. The lowest BCUT2D eigenvalue weighted by Crippen LogP contribution is -2.27. The molecule has 0 bridgehead atoms. The van der Waals surface area contributed by atoms with E-state index in [9.17, 15) is 13.7 Å². The first-order valence-electron chi connectivity index (χ1n) is 8.84. The van der Waals surface area contributed by atoms with Crippen LogP contribution in [0.15, 0.2) is 41.3 Å². The number of rotatable bonds is 9. The van der Waals surface area contributed by atoms with Crippen LogP contribution < -0.4 is 9.62 Å². The summed E-state index contributed by atoms with van der Waals surface area (Å²) in [5, 5.41) is 11.3. The number of anilines is 1. The number of hydrogen-bond donors (Lipinski definition) is 1. The fourth-order valence-corrected chi connectivity index (χ4v) is 3.72. The van der Waals surface area contributed by atoms with Crippen LogP contribution in [0.5, 0.6) is 0 Å². The Kier molecular flexibility index (Phi) is 7.36. The summed E-state index contributed by atoms with van der Waals surface area (Å²) in [6.07, 6.45) is 1.38. The zero-order valence-electron chi connectivity index (χ0n) is 15.9. The predicted octanol–water partition coefficient (Wildman–Crippen LogP) is 3.12. The Morgan fingerprint density at radius 3 is 2.48 bits per heavy atom. The Hall–Kier alpha value is -2.40. The summed E-state index contributed by atoms with van der Waals surface area (Å²) in [6, 6.07) is 13.6. The number of allylic oxidation sites excluding steroid dienone is 1. The fourth-order valence-electron chi connectivity index (χ4n) is 2.80. The summed E-state index contributed by atoms with van der Waals surface area (Å²) in [7, 11) is -2.38. The highest BCUT2D eigenvalue weighted by atomic mass is 32.2. The molecule has 27 heavy (non-hydrogen) atoms. The topological polar surface area (TPSA) is 82.4 Å². The molecule has 0 aliphatic heterocycles. The van der Waals surface area contributed by atoms with Gasteiger partial charge in [0.15, 0.2) is 4.91 Å². The number of benzene rings is 2. The second-order valence-electron chi connectivity index (χ2n) is 5.97. The molecule has 2 aromatic carbocycles. The van der Waals surface area contributed by atoms with Crippen molar-refractivity contribution in [2.24, 2.45) is 0 Å². The minimum atomic E-state index is -3.86. The van der Waals surface area contributed by atoms with Gasteiger partial charge in [0.05, 0.1) is 6.61 Å². The summed E-state index contributed by atoms with van der Waals surface area (Å²) in [6.45, 7) is 6.45. The molecular weight excluding hydrogens is 362 g/mol. The average molecular weight is 388 g/mol. The van der Waals surface area contributed by atoms with Crippen molar-refractivity contribution in [1.82, 2.24) is 4.72 Å². The lowest BCUT2D eigenvalue weighted by atomic mass is 10.1. The zero-order valence-corrected chi connectivity index (χ0v) is 16.7. The molecule has 0 aliphatic carbocycles. The van der Waals surface area contributed by atoms with Crippen molar-refractivity contribution in [2.45, 2.75) is 13.8 Å². The van der Waals surface area contributed by atoms with Gasteiger partial charge in [-0.15, -0.1) is 0 Å². The van der Waals surface area contributed by atoms with Crippen molar-refractivity contribution in [3.8, 4) is 6.07 Å². The second-order valence-corrected chi connectivity index (χ2v) is 7.71. The molecule has 7 heteroatoms. The van der Waals surface area contributed by atoms with Gasteiger partial charge in [0.1, 0.15) is 6.07 Å². The Labute approximate surface area is 161 Å². The maximum absolute atomic E-state index is 12.2. The minimum Gasteiger partial charge on any atom is -0.383 e. The number of nitriles is 1. The monoisotopic (exact) mass is 387 g/mol. The molecule has 0 heterocycles. The van der Waals surface area contributed by atoms with E-state index in [-0.39, 0.29) is 18.1 Å². The second kappa shape index (κ2) is 9.51.